The molecule has 0 radical (unpaired) electrons. The van der Waals surface area contributed by atoms with Gasteiger partial charge in [-0.1, -0.05) is 6.92 Å². The van der Waals surface area contributed by atoms with Gasteiger partial charge in [0.15, 0.2) is 0 Å². The number of hydrogen-bond acceptors (Lipinski definition) is 5. The number of carbonyl (C=O) groups is 3. The summed E-state index contributed by atoms with van der Waals surface area (Å²) in [5, 5.41) is 2.72. The molecule has 8 nitrogen and oxygen atoms in total. The lowest BCUT2D eigenvalue weighted by molar-refractivity contribution is -0.136. The van der Waals surface area contributed by atoms with E-state index in [1.54, 1.807) is 37.3 Å². The van der Waals surface area contributed by atoms with Crippen LogP contribution in [0.5, 0.6) is 5.75 Å². The number of likely N-dealkylation sites (N-methyl/N-ethyl adjacent to an activating group) is 1. The minimum Gasteiger partial charge on any atom is -0.491 e. The van der Waals surface area contributed by atoms with E-state index in [0.717, 1.165) is 12.8 Å². The molecular weight excluding hydrogens is 398 g/mol. The smallest absolute Gasteiger partial charge is 0.257 e. The van der Waals surface area contributed by atoms with Gasteiger partial charge in [-0.05, 0) is 31.9 Å². The lowest BCUT2D eigenvalue weighted by Gasteiger charge is -2.36. The molecule has 1 saturated carbocycles. The summed E-state index contributed by atoms with van der Waals surface area (Å²) in [6.45, 7) is 6.62. The highest BCUT2D eigenvalue weighted by atomic mass is 16.5. The van der Waals surface area contributed by atoms with Gasteiger partial charge in [-0.3, -0.25) is 14.4 Å². The second-order valence-corrected chi connectivity index (χ2v) is 8.75. The Balaban J connectivity index is 1.95. The Bertz CT molecular complexity index is 839. The molecule has 1 heterocycles. The van der Waals surface area contributed by atoms with Crippen LogP contribution >= 0.6 is 0 Å². The highest BCUT2D eigenvalue weighted by molar-refractivity contribution is 5.98. The van der Waals surface area contributed by atoms with Gasteiger partial charge in [0.1, 0.15) is 12.4 Å². The van der Waals surface area contributed by atoms with E-state index in [1.807, 2.05) is 18.7 Å². The topological polar surface area (TPSA) is 88.2 Å². The number of methoxy groups -OCH3 is 1. The Morgan fingerprint density at radius 1 is 1.19 bits per heavy atom. The molecule has 0 unspecified atom stereocenters. The van der Waals surface area contributed by atoms with Crippen LogP contribution in [0.2, 0.25) is 0 Å². The van der Waals surface area contributed by atoms with Crippen LogP contribution in [0.1, 0.15) is 44.0 Å². The predicted octanol–water partition coefficient (Wildman–Crippen LogP) is 2.39. The lowest BCUT2D eigenvalue weighted by atomic mass is 10.0. The van der Waals surface area contributed by atoms with Crippen LogP contribution in [0.3, 0.4) is 0 Å². The number of nitrogens with zero attached hydrogens (tertiary/aromatic N) is 2. The van der Waals surface area contributed by atoms with E-state index in [9.17, 15) is 14.4 Å². The summed E-state index contributed by atoms with van der Waals surface area (Å²) in [5.74, 6) is 0.307. The molecule has 1 aromatic carbocycles. The zero-order valence-electron chi connectivity index (χ0n) is 19.0. The van der Waals surface area contributed by atoms with Gasteiger partial charge in [0.2, 0.25) is 11.8 Å². The monoisotopic (exact) mass is 431 g/mol. The van der Waals surface area contributed by atoms with Crippen LogP contribution < -0.4 is 10.1 Å². The van der Waals surface area contributed by atoms with E-state index >= 15 is 0 Å². The quantitative estimate of drug-likeness (QED) is 0.794. The normalized spacial score (nSPS) is 25.1. The van der Waals surface area contributed by atoms with E-state index in [2.05, 4.69) is 5.32 Å². The van der Waals surface area contributed by atoms with Gasteiger partial charge in [0.05, 0.1) is 17.7 Å². The number of fused-ring (bicyclic) bond motifs is 1. The lowest BCUT2D eigenvalue weighted by Crippen LogP contribution is -2.49. The summed E-state index contributed by atoms with van der Waals surface area (Å²) >= 11 is 0. The summed E-state index contributed by atoms with van der Waals surface area (Å²) in [7, 11) is 3.37. The van der Waals surface area contributed by atoms with Gasteiger partial charge in [0.25, 0.3) is 5.91 Å². The molecule has 0 saturated heterocycles. The maximum atomic E-state index is 13.1. The van der Waals surface area contributed by atoms with E-state index in [0.29, 0.717) is 30.1 Å². The molecule has 3 amide bonds. The molecule has 8 heteroatoms. The molecule has 3 atom stereocenters. The summed E-state index contributed by atoms with van der Waals surface area (Å²) in [4.78, 5) is 41.1. The summed E-state index contributed by atoms with van der Waals surface area (Å²) in [5.41, 5.74) is 0.961. The van der Waals surface area contributed by atoms with Crippen molar-refractivity contribution in [2.24, 2.45) is 11.8 Å². The molecule has 31 heavy (non-hydrogen) atoms. The van der Waals surface area contributed by atoms with Crippen molar-refractivity contribution in [2.75, 3.05) is 39.2 Å². The summed E-state index contributed by atoms with van der Waals surface area (Å²) < 4.78 is 11.8. The number of benzene rings is 1. The minimum atomic E-state index is -0.210. The van der Waals surface area contributed by atoms with Crippen molar-refractivity contribution in [1.29, 1.82) is 0 Å². The van der Waals surface area contributed by atoms with Gasteiger partial charge >= 0.3 is 0 Å². The fourth-order valence-corrected chi connectivity index (χ4v) is 3.92. The Morgan fingerprint density at radius 3 is 2.52 bits per heavy atom. The average molecular weight is 432 g/mol. The van der Waals surface area contributed by atoms with E-state index in [1.165, 1.54) is 6.92 Å². The Hall–Kier alpha value is -2.61. The van der Waals surface area contributed by atoms with Gasteiger partial charge in [-0.2, -0.15) is 0 Å². The van der Waals surface area contributed by atoms with Gasteiger partial charge < -0.3 is 24.6 Å². The van der Waals surface area contributed by atoms with Crippen LogP contribution in [0.25, 0.3) is 0 Å². The van der Waals surface area contributed by atoms with Crippen LogP contribution in [0.4, 0.5) is 5.69 Å². The maximum Gasteiger partial charge on any atom is 0.257 e. The van der Waals surface area contributed by atoms with Crippen LogP contribution in [0, 0.1) is 11.8 Å². The summed E-state index contributed by atoms with van der Waals surface area (Å²) in [6, 6.07) is 4.83. The average Bonchev–Trinajstić information content (AvgIpc) is 3.57. The molecule has 1 aromatic rings. The first-order valence-corrected chi connectivity index (χ1v) is 10.8. The molecule has 0 bridgehead atoms. The second-order valence-electron chi connectivity index (χ2n) is 8.75. The number of rotatable bonds is 3. The summed E-state index contributed by atoms with van der Waals surface area (Å²) in [6.07, 6.45) is 1.66. The van der Waals surface area contributed by atoms with E-state index < -0.39 is 0 Å². The molecule has 0 spiro atoms. The van der Waals surface area contributed by atoms with Crippen molar-refractivity contribution in [3.05, 3.63) is 23.8 Å². The zero-order valence-corrected chi connectivity index (χ0v) is 19.0. The molecule has 2 aliphatic rings. The van der Waals surface area contributed by atoms with Crippen LogP contribution in [-0.2, 0) is 14.3 Å². The number of anilines is 1. The zero-order chi connectivity index (χ0) is 22.7. The molecule has 1 N–H and O–H groups in total. The van der Waals surface area contributed by atoms with Crippen molar-refractivity contribution in [3.63, 3.8) is 0 Å². The van der Waals surface area contributed by atoms with Crippen molar-refractivity contribution in [3.8, 4) is 5.75 Å². The standard InChI is InChI=1S/C23H33N3O5/c1-14-11-26(22(28)17-6-7-17)15(2)13-31-20-10-18(24-16(3)27)8-9-19(20)23(29)25(4)12-21(14)30-5/h8-10,14-15,17,21H,6-7,11-13H2,1-5H3,(H,24,27)/t14-,15+,21-/m1/s1. The fraction of sp³-hybridized carbons (Fsp3) is 0.609. The molecule has 1 aliphatic carbocycles. The van der Waals surface area contributed by atoms with Gasteiger partial charge in [0, 0.05) is 57.8 Å². The molecule has 0 aromatic heterocycles. The maximum absolute atomic E-state index is 13.1. The second kappa shape index (κ2) is 9.68. The van der Waals surface area contributed by atoms with Crippen molar-refractivity contribution in [1.82, 2.24) is 9.80 Å². The first-order chi connectivity index (χ1) is 14.7. The molecular formula is C23H33N3O5. The van der Waals surface area contributed by atoms with E-state index in [4.69, 9.17) is 9.47 Å². The first-order valence-electron chi connectivity index (χ1n) is 10.8. The third-order valence-corrected chi connectivity index (χ3v) is 5.98. The number of hydrogen-bond donors (Lipinski definition) is 1. The van der Waals surface area contributed by atoms with Crippen molar-refractivity contribution >= 4 is 23.4 Å². The van der Waals surface area contributed by atoms with Gasteiger partial charge in [-0.25, -0.2) is 0 Å². The minimum absolute atomic E-state index is 0.0476. The molecule has 1 aliphatic heterocycles. The van der Waals surface area contributed by atoms with Crippen molar-refractivity contribution in [2.45, 2.75) is 45.8 Å². The fourth-order valence-electron chi connectivity index (χ4n) is 3.92. The van der Waals surface area contributed by atoms with Gasteiger partial charge in [-0.15, -0.1) is 0 Å². The number of nitrogens with one attached hydrogen (secondary N) is 1. The number of amides is 3. The van der Waals surface area contributed by atoms with Crippen LogP contribution in [0.15, 0.2) is 18.2 Å². The van der Waals surface area contributed by atoms with Crippen molar-refractivity contribution < 1.29 is 23.9 Å². The molecule has 3 rings (SSSR count). The Kier molecular flexibility index (Phi) is 7.20. The third kappa shape index (κ3) is 5.55. The van der Waals surface area contributed by atoms with E-state index in [-0.39, 0.29) is 48.3 Å². The largest absolute Gasteiger partial charge is 0.491 e. The highest BCUT2D eigenvalue weighted by Crippen LogP contribution is 2.33. The number of carbonyl (C=O) groups excluding carboxylic acids is 3. The van der Waals surface area contributed by atoms with Crippen LogP contribution in [-0.4, -0.2) is 73.5 Å². The molecule has 1 fully saturated rings. The first kappa shape index (κ1) is 23.1. The predicted molar refractivity (Wildman–Crippen MR) is 117 cm³/mol. The Labute approximate surface area is 183 Å². The SMILES string of the molecule is CO[C@@H]1CN(C)C(=O)c2ccc(NC(C)=O)cc2OC[C@H](C)N(C(=O)C2CC2)C[C@H]1C. The number of ether oxygens (including phenoxy) is 2. The highest BCUT2D eigenvalue weighted by Gasteiger charge is 2.37. The molecule has 170 valence electrons. The third-order valence-electron chi connectivity index (χ3n) is 5.98. The Morgan fingerprint density at radius 2 is 1.90 bits per heavy atom.